The number of hydrogen-bond donors (Lipinski definition) is 5. The minimum absolute atomic E-state index is 0.0179. The van der Waals surface area contributed by atoms with E-state index in [1.165, 1.54) is 0 Å². The number of hydrogen-bond acceptors (Lipinski definition) is 6. The van der Waals surface area contributed by atoms with Gasteiger partial charge in [0.25, 0.3) is 0 Å². The molecule has 0 aromatic rings. The number of aliphatic hydroxyl groups excluding tert-OH is 2. The topological polar surface area (TPSA) is 154 Å². The van der Waals surface area contributed by atoms with Crippen LogP contribution in [-0.2, 0) is 18.4 Å². The second-order valence-corrected chi connectivity index (χ2v) is 9.62. The summed E-state index contributed by atoms with van der Waals surface area (Å²) in [4.78, 5) is 26.7. The van der Waals surface area contributed by atoms with Crippen molar-refractivity contribution in [2.24, 2.45) is 5.92 Å². The largest absolute Gasteiger partial charge is 0.388 e. The van der Waals surface area contributed by atoms with Gasteiger partial charge in [-0.3, -0.25) is 9.13 Å². The Morgan fingerprint density at radius 2 is 1.77 bits per heavy atom. The molecule has 1 saturated heterocycles. The highest BCUT2D eigenvalue weighted by molar-refractivity contribution is 7.70. The summed E-state index contributed by atoms with van der Waals surface area (Å²) in [6.45, 7) is 3.29. The Morgan fingerprint density at radius 1 is 1.18 bits per heavy atom. The average molecular weight is 362 g/mol. The molecule has 1 aliphatic heterocycles. The Kier molecular flexibility index (Phi) is 7.20. The normalized spacial score (nSPS) is 33.6. The molecular formula is C11H24O9P2. The van der Waals surface area contributed by atoms with Gasteiger partial charge >= 0.3 is 15.2 Å². The van der Waals surface area contributed by atoms with Gasteiger partial charge in [-0.25, -0.2) is 0 Å². The molecule has 22 heavy (non-hydrogen) atoms. The first-order valence-corrected chi connectivity index (χ1v) is 10.6. The van der Waals surface area contributed by atoms with Crippen molar-refractivity contribution in [1.82, 2.24) is 0 Å². The maximum Gasteiger partial charge on any atom is 0.340 e. The fourth-order valence-electron chi connectivity index (χ4n) is 2.47. The Bertz CT molecular complexity index is 451. The summed E-state index contributed by atoms with van der Waals surface area (Å²) in [7, 11) is -9.21. The van der Waals surface area contributed by atoms with Gasteiger partial charge in [-0.15, -0.1) is 0 Å². The van der Waals surface area contributed by atoms with Crippen molar-refractivity contribution in [2.75, 3.05) is 12.5 Å². The molecule has 1 fully saturated rings. The van der Waals surface area contributed by atoms with E-state index in [9.17, 15) is 24.2 Å². The molecule has 0 aromatic heterocycles. The fraction of sp³-hybridized carbons (Fsp3) is 1.00. The van der Waals surface area contributed by atoms with E-state index in [1.807, 2.05) is 13.8 Å². The molecule has 0 aliphatic carbocycles. The molecule has 1 rings (SSSR count). The van der Waals surface area contributed by atoms with Crippen LogP contribution in [0.5, 0.6) is 0 Å². The van der Waals surface area contributed by atoms with Crippen molar-refractivity contribution in [1.29, 1.82) is 0 Å². The zero-order valence-electron chi connectivity index (χ0n) is 12.5. The van der Waals surface area contributed by atoms with Crippen LogP contribution in [0.2, 0.25) is 0 Å². The van der Waals surface area contributed by atoms with Gasteiger partial charge in [-0.05, 0) is 12.3 Å². The summed E-state index contributed by atoms with van der Waals surface area (Å²) < 4.78 is 32.4. The summed E-state index contributed by atoms with van der Waals surface area (Å²) >= 11 is 0. The van der Waals surface area contributed by atoms with E-state index >= 15 is 0 Å². The Balaban J connectivity index is 2.60. The lowest BCUT2D eigenvalue weighted by molar-refractivity contribution is -0.0384. The minimum Gasteiger partial charge on any atom is -0.388 e. The molecule has 6 unspecified atom stereocenters. The first-order chi connectivity index (χ1) is 9.97. The molecule has 0 saturated carbocycles. The van der Waals surface area contributed by atoms with Gasteiger partial charge in [0.1, 0.15) is 18.3 Å². The quantitative estimate of drug-likeness (QED) is 0.382. The van der Waals surface area contributed by atoms with Crippen LogP contribution in [0, 0.1) is 5.92 Å². The Labute approximate surface area is 129 Å². The first kappa shape index (κ1) is 20.2. The maximum absolute atomic E-state index is 11.5. The molecule has 6 atom stereocenters. The van der Waals surface area contributed by atoms with Gasteiger partial charge in [0, 0.05) is 0 Å². The molecule has 0 spiro atoms. The lowest BCUT2D eigenvalue weighted by Crippen LogP contribution is -2.36. The molecule has 1 heterocycles. The number of rotatable bonds is 8. The van der Waals surface area contributed by atoms with Crippen molar-refractivity contribution in [3.8, 4) is 0 Å². The third kappa shape index (κ3) is 6.00. The molecular weight excluding hydrogens is 338 g/mol. The summed E-state index contributed by atoms with van der Waals surface area (Å²) in [5, 5.41) is 19.8. The van der Waals surface area contributed by atoms with Gasteiger partial charge in [0.2, 0.25) is 0 Å². The van der Waals surface area contributed by atoms with Crippen molar-refractivity contribution < 1.29 is 43.3 Å². The smallest absolute Gasteiger partial charge is 0.340 e. The zero-order valence-corrected chi connectivity index (χ0v) is 14.3. The van der Waals surface area contributed by atoms with E-state index in [-0.39, 0.29) is 5.92 Å². The third-order valence-corrected chi connectivity index (χ3v) is 6.96. The summed E-state index contributed by atoms with van der Waals surface area (Å²) in [6.07, 6.45) is -2.44. The van der Waals surface area contributed by atoms with E-state index in [4.69, 9.17) is 14.5 Å². The molecule has 11 heteroatoms. The lowest BCUT2D eigenvalue weighted by Gasteiger charge is -2.21. The van der Waals surface area contributed by atoms with Crippen LogP contribution in [0.15, 0.2) is 0 Å². The van der Waals surface area contributed by atoms with Gasteiger partial charge < -0.3 is 34.2 Å². The molecule has 0 amide bonds. The summed E-state index contributed by atoms with van der Waals surface area (Å²) in [6, 6.07) is 0. The highest BCUT2D eigenvalue weighted by Gasteiger charge is 2.45. The molecule has 0 aromatic carbocycles. The van der Waals surface area contributed by atoms with Crippen molar-refractivity contribution in [3.05, 3.63) is 0 Å². The van der Waals surface area contributed by atoms with Crippen molar-refractivity contribution in [2.45, 2.75) is 51.1 Å². The molecule has 1 aliphatic rings. The minimum atomic E-state index is -4.70. The highest BCUT2D eigenvalue weighted by Crippen LogP contribution is 2.55. The third-order valence-electron chi connectivity index (χ3n) is 3.51. The molecule has 0 radical (unpaired) electrons. The zero-order chi connectivity index (χ0) is 17.1. The molecule has 132 valence electrons. The fourth-order valence-corrected chi connectivity index (χ4v) is 5.04. The van der Waals surface area contributed by atoms with Gasteiger partial charge in [-0.2, -0.15) is 0 Å². The Hall–Kier alpha value is 0.180. The molecule has 9 nitrogen and oxygen atoms in total. The van der Waals surface area contributed by atoms with E-state index in [1.54, 1.807) is 0 Å². The highest BCUT2D eigenvalue weighted by atomic mass is 31.2. The lowest BCUT2D eigenvalue weighted by atomic mass is 9.94. The van der Waals surface area contributed by atoms with E-state index in [0.717, 1.165) is 12.8 Å². The number of ether oxygens (including phenoxy) is 1. The van der Waals surface area contributed by atoms with Crippen LogP contribution < -0.4 is 0 Å². The predicted octanol–water partition coefficient (Wildman–Crippen LogP) is 0.249. The molecule has 5 N–H and O–H groups in total. The first-order valence-electron chi connectivity index (χ1n) is 6.99. The predicted molar refractivity (Wildman–Crippen MR) is 77.4 cm³/mol. The van der Waals surface area contributed by atoms with Gasteiger partial charge in [-0.1, -0.05) is 20.3 Å². The van der Waals surface area contributed by atoms with E-state index in [2.05, 4.69) is 4.52 Å². The van der Waals surface area contributed by atoms with Crippen LogP contribution in [0.1, 0.15) is 26.7 Å². The molecule has 0 bridgehead atoms. The maximum atomic E-state index is 11.5. The summed E-state index contributed by atoms with van der Waals surface area (Å²) in [5.74, 6) is -1.32. The monoisotopic (exact) mass is 362 g/mol. The Morgan fingerprint density at radius 3 is 2.27 bits per heavy atom. The van der Waals surface area contributed by atoms with Crippen LogP contribution in [0.4, 0.5) is 0 Å². The van der Waals surface area contributed by atoms with E-state index < -0.39 is 52.1 Å². The number of aliphatic hydroxyl groups is 2. The van der Waals surface area contributed by atoms with Gasteiger partial charge in [0.15, 0.2) is 5.90 Å². The second-order valence-electron chi connectivity index (χ2n) is 5.63. The van der Waals surface area contributed by atoms with Crippen LogP contribution >= 0.6 is 15.2 Å². The standard InChI is InChI=1S/C11H24O9P2/c1-3-4-7(2)11-10(13)9(12)8(20-11)5-19-22(17,18)6-21(14,15)16/h7-13H,3-6H2,1-2H3,(H,17,18)(H2,14,15,16). The van der Waals surface area contributed by atoms with E-state index in [0.29, 0.717) is 0 Å². The van der Waals surface area contributed by atoms with Crippen molar-refractivity contribution in [3.63, 3.8) is 0 Å². The second kappa shape index (κ2) is 7.83. The average Bonchev–Trinajstić information content (AvgIpc) is 2.61. The van der Waals surface area contributed by atoms with Gasteiger partial charge in [0.05, 0.1) is 12.7 Å². The van der Waals surface area contributed by atoms with Crippen LogP contribution in [0.25, 0.3) is 0 Å². The van der Waals surface area contributed by atoms with Crippen LogP contribution in [0.3, 0.4) is 0 Å². The van der Waals surface area contributed by atoms with Crippen LogP contribution in [-0.4, -0.2) is 61.8 Å². The SMILES string of the molecule is CCCC(C)C1OC(COP(=O)(O)CP(=O)(O)O)C(O)C1O. The van der Waals surface area contributed by atoms with Crippen molar-refractivity contribution >= 4 is 15.2 Å². The summed E-state index contributed by atoms with van der Waals surface area (Å²) in [5.41, 5.74) is 0.